The second-order valence-corrected chi connectivity index (χ2v) is 8.03. The summed E-state index contributed by atoms with van der Waals surface area (Å²) in [4.78, 5) is 11.6. The molecule has 0 aliphatic rings. The summed E-state index contributed by atoms with van der Waals surface area (Å²) >= 11 is 1.54. The van der Waals surface area contributed by atoms with Crippen molar-refractivity contribution in [3.63, 3.8) is 0 Å². The van der Waals surface area contributed by atoms with Crippen molar-refractivity contribution in [2.75, 3.05) is 13.7 Å². The predicted octanol–water partition coefficient (Wildman–Crippen LogP) is 6.32. The minimum Gasteiger partial charge on any atom is -0.495 e. The molecule has 5 nitrogen and oxygen atoms in total. The van der Waals surface area contributed by atoms with Gasteiger partial charge in [-0.3, -0.25) is 0 Å². The number of hydrogen-bond acceptors (Lipinski definition) is 5. The molecule has 33 heavy (non-hydrogen) atoms. The highest BCUT2D eigenvalue weighted by Crippen LogP contribution is 2.37. The molecule has 0 aliphatic heterocycles. The molecular formula is C24H21F3O5S. The number of ether oxygens (including phenoxy) is 3. The molecule has 0 saturated heterocycles. The number of carbonyl (C=O) groups is 1. The minimum atomic E-state index is -4.72. The molecule has 0 radical (unpaired) electrons. The Morgan fingerprint density at radius 2 is 1.73 bits per heavy atom. The van der Waals surface area contributed by atoms with Crippen LogP contribution in [0.3, 0.4) is 0 Å². The topological polar surface area (TPSA) is 65.0 Å². The third-order valence-electron chi connectivity index (χ3n) is 4.55. The van der Waals surface area contributed by atoms with E-state index in [2.05, 4.69) is 4.74 Å². The lowest BCUT2D eigenvalue weighted by Gasteiger charge is -2.14. The first kappa shape index (κ1) is 24.3. The molecule has 174 valence electrons. The van der Waals surface area contributed by atoms with Crippen LogP contribution in [0.25, 0.3) is 11.1 Å². The van der Waals surface area contributed by atoms with Gasteiger partial charge in [-0.05, 0) is 47.4 Å². The van der Waals surface area contributed by atoms with E-state index in [4.69, 9.17) is 14.6 Å². The highest BCUT2D eigenvalue weighted by Gasteiger charge is 2.30. The zero-order chi connectivity index (χ0) is 24.0. The summed E-state index contributed by atoms with van der Waals surface area (Å²) in [5.74, 6) is 0.306. The molecule has 3 aromatic carbocycles. The van der Waals surface area contributed by atoms with Crippen LogP contribution in [0.5, 0.6) is 17.2 Å². The van der Waals surface area contributed by atoms with E-state index in [0.29, 0.717) is 17.3 Å². The Hall–Kier alpha value is -3.33. The first-order chi connectivity index (χ1) is 15.6. The highest BCUT2D eigenvalue weighted by molar-refractivity contribution is 7.98. The zero-order valence-electron chi connectivity index (χ0n) is 17.8. The molecule has 3 rings (SSSR count). The van der Waals surface area contributed by atoms with Crippen LogP contribution in [0.1, 0.15) is 11.1 Å². The summed E-state index contributed by atoms with van der Waals surface area (Å²) in [6, 6.07) is 17.0. The number of carboxylic acids is 1. The van der Waals surface area contributed by atoms with Crippen LogP contribution in [0, 0.1) is 6.92 Å². The Morgan fingerprint density at radius 1 is 1.00 bits per heavy atom. The van der Waals surface area contributed by atoms with Crippen LogP contribution in [0.4, 0.5) is 13.2 Å². The van der Waals surface area contributed by atoms with Gasteiger partial charge in [-0.2, -0.15) is 0 Å². The average molecular weight is 478 g/mol. The smallest absolute Gasteiger partial charge is 0.495 e. The lowest BCUT2D eigenvalue weighted by molar-refractivity contribution is -0.274. The molecule has 0 aliphatic carbocycles. The van der Waals surface area contributed by atoms with E-state index < -0.39 is 18.9 Å². The van der Waals surface area contributed by atoms with Gasteiger partial charge in [0, 0.05) is 11.8 Å². The van der Waals surface area contributed by atoms with Crippen LogP contribution in [-0.2, 0) is 10.5 Å². The van der Waals surface area contributed by atoms with Gasteiger partial charge in [0.25, 0.3) is 0 Å². The molecule has 9 heteroatoms. The van der Waals surface area contributed by atoms with E-state index in [1.807, 2.05) is 37.3 Å². The molecule has 3 aromatic rings. The number of carboxylic acid groups (broad SMARTS) is 1. The molecule has 0 heterocycles. The number of methoxy groups -OCH3 is 1. The maximum Gasteiger partial charge on any atom is 0.573 e. The molecule has 0 saturated carbocycles. The van der Waals surface area contributed by atoms with Crippen molar-refractivity contribution in [3.05, 3.63) is 71.8 Å². The monoisotopic (exact) mass is 478 g/mol. The van der Waals surface area contributed by atoms with Crippen molar-refractivity contribution in [2.24, 2.45) is 0 Å². The Kier molecular flexibility index (Phi) is 7.75. The lowest BCUT2D eigenvalue weighted by Crippen LogP contribution is -2.16. The molecule has 1 N–H and O–H groups in total. The van der Waals surface area contributed by atoms with Gasteiger partial charge >= 0.3 is 12.3 Å². The summed E-state index contributed by atoms with van der Waals surface area (Å²) in [5, 5.41) is 8.81. The van der Waals surface area contributed by atoms with Gasteiger partial charge in [-0.15, -0.1) is 24.9 Å². The normalized spacial score (nSPS) is 11.2. The number of hydrogen-bond donors (Lipinski definition) is 1. The van der Waals surface area contributed by atoms with Crippen molar-refractivity contribution < 1.29 is 37.3 Å². The van der Waals surface area contributed by atoms with E-state index in [-0.39, 0.29) is 5.75 Å². The van der Waals surface area contributed by atoms with Crippen LogP contribution in [-0.4, -0.2) is 31.2 Å². The number of rotatable bonds is 9. The molecular weight excluding hydrogens is 457 g/mol. The largest absolute Gasteiger partial charge is 0.573 e. The fraction of sp³-hybridized carbons (Fsp3) is 0.208. The molecule has 0 amide bonds. The van der Waals surface area contributed by atoms with Gasteiger partial charge < -0.3 is 19.3 Å². The van der Waals surface area contributed by atoms with Gasteiger partial charge in [0.05, 0.1) is 12.0 Å². The van der Waals surface area contributed by atoms with E-state index in [1.165, 1.54) is 19.2 Å². The summed E-state index contributed by atoms with van der Waals surface area (Å²) in [7, 11) is 1.53. The highest BCUT2D eigenvalue weighted by atomic mass is 32.2. The van der Waals surface area contributed by atoms with Gasteiger partial charge in [0.1, 0.15) is 17.2 Å². The summed E-state index contributed by atoms with van der Waals surface area (Å²) in [6.45, 7) is 1.39. The van der Waals surface area contributed by atoms with Crippen LogP contribution in [0.15, 0.2) is 65.6 Å². The summed E-state index contributed by atoms with van der Waals surface area (Å²) in [6.07, 6.45) is -4.72. The first-order valence-corrected chi connectivity index (χ1v) is 10.7. The van der Waals surface area contributed by atoms with E-state index >= 15 is 0 Å². The number of aliphatic carboxylic acids is 1. The molecule has 0 bridgehead atoms. The fourth-order valence-electron chi connectivity index (χ4n) is 3.06. The fourth-order valence-corrected chi connectivity index (χ4v) is 4.11. The Balaban J connectivity index is 1.72. The van der Waals surface area contributed by atoms with Crippen molar-refractivity contribution in [3.8, 4) is 28.4 Å². The van der Waals surface area contributed by atoms with Crippen LogP contribution < -0.4 is 14.2 Å². The number of halogens is 3. The quantitative estimate of drug-likeness (QED) is 0.363. The second-order valence-electron chi connectivity index (χ2n) is 7.01. The maximum atomic E-state index is 12.3. The maximum absolute atomic E-state index is 12.3. The number of thioether (sulfide) groups is 1. The van der Waals surface area contributed by atoms with Gasteiger partial charge in [0.15, 0.2) is 6.61 Å². The molecule has 0 atom stereocenters. The Labute approximate surface area is 193 Å². The van der Waals surface area contributed by atoms with Crippen LogP contribution >= 0.6 is 11.8 Å². The van der Waals surface area contributed by atoms with E-state index in [9.17, 15) is 18.0 Å². The number of aryl methyl sites for hydroxylation is 1. The Bertz CT molecular complexity index is 1110. The molecule has 0 unspecified atom stereocenters. The SMILES string of the molecule is COc1cc(OCC(=O)O)c(C)cc1SCc1cccc(-c2ccc(OC(F)(F)F)cc2)c1. The molecule has 0 aromatic heterocycles. The Morgan fingerprint density at radius 3 is 2.36 bits per heavy atom. The lowest BCUT2D eigenvalue weighted by atomic mass is 10.0. The summed E-state index contributed by atoms with van der Waals surface area (Å²) < 4.78 is 51.7. The second kappa shape index (κ2) is 10.5. The summed E-state index contributed by atoms with van der Waals surface area (Å²) in [5.41, 5.74) is 3.44. The molecule has 0 fully saturated rings. The predicted molar refractivity (Wildman–Crippen MR) is 119 cm³/mol. The van der Waals surface area contributed by atoms with E-state index in [1.54, 1.807) is 30.0 Å². The van der Waals surface area contributed by atoms with Crippen molar-refractivity contribution >= 4 is 17.7 Å². The average Bonchev–Trinajstić information content (AvgIpc) is 2.76. The number of alkyl halides is 3. The zero-order valence-corrected chi connectivity index (χ0v) is 18.6. The van der Waals surface area contributed by atoms with Crippen molar-refractivity contribution in [2.45, 2.75) is 23.9 Å². The van der Waals surface area contributed by atoms with Gasteiger partial charge in [0.2, 0.25) is 0 Å². The first-order valence-electron chi connectivity index (χ1n) is 9.76. The minimum absolute atomic E-state index is 0.267. The van der Waals surface area contributed by atoms with Crippen molar-refractivity contribution in [1.29, 1.82) is 0 Å². The molecule has 0 spiro atoms. The van der Waals surface area contributed by atoms with Crippen molar-refractivity contribution in [1.82, 2.24) is 0 Å². The standard InChI is InChI=1S/C24H21F3O5S/c1-15-10-22(21(30-2)12-20(15)31-13-23(28)29)33-14-16-4-3-5-18(11-16)17-6-8-19(9-7-17)32-24(25,26)27/h3-12H,13-14H2,1-2H3,(H,28,29). The number of benzene rings is 3. The third kappa shape index (κ3) is 7.08. The third-order valence-corrected chi connectivity index (χ3v) is 5.66. The van der Waals surface area contributed by atoms with Gasteiger partial charge in [-0.25, -0.2) is 4.79 Å². The van der Waals surface area contributed by atoms with E-state index in [0.717, 1.165) is 27.1 Å². The van der Waals surface area contributed by atoms with Gasteiger partial charge in [-0.1, -0.05) is 36.4 Å². The van der Waals surface area contributed by atoms with Crippen LogP contribution in [0.2, 0.25) is 0 Å².